The zero-order valence-electron chi connectivity index (χ0n) is 16.6. The van der Waals surface area contributed by atoms with E-state index in [0.717, 1.165) is 0 Å². The van der Waals surface area contributed by atoms with Crippen LogP contribution in [0.25, 0.3) is 0 Å². The Morgan fingerprint density at radius 3 is 1.48 bits per heavy atom. The molecule has 1 saturated heterocycles. The predicted molar refractivity (Wildman–Crippen MR) is 108 cm³/mol. The molecule has 2 aromatic rings. The standard InChI is InChI=1S/C24H33N/c1-6-10-25-23(21-13-17(2)11-18(3)14-21)8-7-9-24(25)22-15-19(4)12-20(5)16-22/h11-16,23-24H,6-10H2,1-5H3. The lowest BCUT2D eigenvalue weighted by molar-refractivity contribution is 0.0819. The summed E-state index contributed by atoms with van der Waals surface area (Å²) in [6.45, 7) is 12.4. The van der Waals surface area contributed by atoms with Gasteiger partial charge in [-0.15, -0.1) is 0 Å². The molecule has 1 nitrogen and oxygen atoms in total. The molecule has 25 heavy (non-hydrogen) atoms. The summed E-state index contributed by atoms with van der Waals surface area (Å²) in [5.74, 6) is 0. The average molecular weight is 336 g/mol. The fourth-order valence-electron chi connectivity index (χ4n) is 4.74. The lowest BCUT2D eigenvalue weighted by atomic mass is 9.86. The molecule has 0 N–H and O–H groups in total. The van der Waals surface area contributed by atoms with E-state index in [-0.39, 0.29) is 0 Å². The predicted octanol–water partition coefficient (Wildman–Crippen LogP) is 6.60. The maximum absolute atomic E-state index is 2.78. The van der Waals surface area contributed by atoms with E-state index in [1.807, 2.05) is 0 Å². The molecule has 2 unspecified atom stereocenters. The highest BCUT2D eigenvalue weighted by Crippen LogP contribution is 2.42. The molecule has 0 bridgehead atoms. The van der Waals surface area contributed by atoms with Crippen LogP contribution < -0.4 is 0 Å². The van der Waals surface area contributed by atoms with Crippen LogP contribution in [0.15, 0.2) is 36.4 Å². The van der Waals surface area contributed by atoms with Crippen LogP contribution in [-0.4, -0.2) is 11.4 Å². The minimum Gasteiger partial charge on any atom is -0.289 e. The highest BCUT2D eigenvalue weighted by Gasteiger charge is 2.32. The monoisotopic (exact) mass is 335 g/mol. The first-order valence-corrected chi connectivity index (χ1v) is 9.90. The van der Waals surface area contributed by atoms with E-state index in [2.05, 4.69) is 75.9 Å². The lowest BCUT2D eigenvalue weighted by Crippen LogP contribution is -2.37. The third-order valence-corrected chi connectivity index (χ3v) is 5.50. The molecule has 1 heterocycles. The number of aryl methyl sites for hydroxylation is 4. The Bertz CT molecular complexity index is 631. The first kappa shape index (κ1) is 18.2. The van der Waals surface area contributed by atoms with Crippen molar-refractivity contribution in [2.24, 2.45) is 0 Å². The van der Waals surface area contributed by atoms with Crippen molar-refractivity contribution in [3.63, 3.8) is 0 Å². The average Bonchev–Trinajstić information content (AvgIpc) is 2.53. The summed E-state index contributed by atoms with van der Waals surface area (Å²) in [6.07, 6.45) is 5.09. The second-order valence-electron chi connectivity index (χ2n) is 8.04. The molecular formula is C24H33N. The first-order valence-electron chi connectivity index (χ1n) is 9.90. The Labute approximate surface area is 154 Å². The van der Waals surface area contributed by atoms with E-state index in [9.17, 15) is 0 Å². The van der Waals surface area contributed by atoms with E-state index in [1.54, 1.807) is 0 Å². The number of hydrogen-bond acceptors (Lipinski definition) is 1. The summed E-state index contributed by atoms with van der Waals surface area (Å²) in [6, 6.07) is 15.3. The van der Waals surface area contributed by atoms with Gasteiger partial charge in [-0.1, -0.05) is 65.6 Å². The van der Waals surface area contributed by atoms with Crippen LogP contribution in [0.1, 0.15) is 78.1 Å². The van der Waals surface area contributed by atoms with Gasteiger partial charge in [0.15, 0.2) is 0 Å². The van der Waals surface area contributed by atoms with Crippen LogP contribution in [0, 0.1) is 27.7 Å². The van der Waals surface area contributed by atoms with Gasteiger partial charge in [-0.05, 0) is 71.0 Å². The molecule has 0 saturated carbocycles. The zero-order valence-corrected chi connectivity index (χ0v) is 16.6. The van der Waals surface area contributed by atoms with E-state index in [1.165, 1.54) is 65.6 Å². The number of piperidine rings is 1. The molecule has 134 valence electrons. The van der Waals surface area contributed by atoms with Crippen molar-refractivity contribution >= 4 is 0 Å². The number of rotatable bonds is 4. The molecule has 0 aromatic heterocycles. The number of hydrogen-bond donors (Lipinski definition) is 0. The Kier molecular flexibility index (Phi) is 5.64. The molecule has 0 amide bonds. The van der Waals surface area contributed by atoms with Gasteiger partial charge >= 0.3 is 0 Å². The molecule has 0 spiro atoms. The lowest BCUT2D eigenvalue weighted by Gasteiger charge is -2.43. The first-order chi connectivity index (χ1) is 12.0. The largest absolute Gasteiger partial charge is 0.289 e. The van der Waals surface area contributed by atoms with Crippen molar-refractivity contribution in [2.75, 3.05) is 6.54 Å². The number of benzene rings is 2. The molecule has 2 aromatic carbocycles. The summed E-state index contributed by atoms with van der Waals surface area (Å²) in [5.41, 5.74) is 8.58. The topological polar surface area (TPSA) is 3.24 Å². The van der Waals surface area contributed by atoms with Crippen LogP contribution in [0.5, 0.6) is 0 Å². The normalized spacial score (nSPS) is 21.5. The Balaban J connectivity index is 1.99. The Hall–Kier alpha value is -1.60. The van der Waals surface area contributed by atoms with Gasteiger partial charge in [0.1, 0.15) is 0 Å². The van der Waals surface area contributed by atoms with Crippen LogP contribution >= 0.6 is 0 Å². The highest BCUT2D eigenvalue weighted by molar-refractivity contribution is 5.34. The van der Waals surface area contributed by atoms with Gasteiger partial charge in [-0.3, -0.25) is 4.90 Å². The van der Waals surface area contributed by atoms with Crippen LogP contribution in [0.3, 0.4) is 0 Å². The van der Waals surface area contributed by atoms with Crippen molar-refractivity contribution in [2.45, 2.75) is 72.4 Å². The molecule has 2 atom stereocenters. The summed E-state index contributed by atoms with van der Waals surface area (Å²) < 4.78 is 0. The molecule has 1 aliphatic heterocycles. The van der Waals surface area contributed by atoms with Crippen molar-refractivity contribution in [3.8, 4) is 0 Å². The van der Waals surface area contributed by atoms with Gasteiger partial charge in [0, 0.05) is 12.1 Å². The third-order valence-electron chi connectivity index (χ3n) is 5.50. The van der Waals surface area contributed by atoms with Crippen molar-refractivity contribution < 1.29 is 0 Å². The maximum atomic E-state index is 2.78. The van der Waals surface area contributed by atoms with Gasteiger partial charge in [0.25, 0.3) is 0 Å². The van der Waals surface area contributed by atoms with E-state index >= 15 is 0 Å². The van der Waals surface area contributed by atoms with Crippen molar-refractivity contribution in [1.82, 2.24) is 4.90 Å². The van der Waals surface area contributed by atoms with E-state index in [0.29, 0.717) is 12.1 Å². The Morgan fingerprint density at radius 2 is 1.12 bits per heavy atom. The van der Waals surface area contributed by atoms with Gasteiger partial charge in [0.05, 0.1) is 0 Å². The number of nitrogens with zero attached hydrogens (tertiary/aromatic N) is 1. The SMILES string of the molecule is CCCN1C(c2cc(C)cc(C)c2)CCCC1c1cc(C)cc(C)c1. The quantitative estimate of drug-likeness (QED) is 0.608. The highest BCUT2D eigenvalue weighted by atomic mass is 15.2. The molecule has 3 rings (SSSR count). The summed E-state index contributed by atoms with van der Waals surface area (Å²) in [4.78, 5) is 2.78. The van der Waals surface area contributed by atoms with Gasteiger partial charge in [0.2, 0.25) is 0 Å². The molecule has 0 aliphatic carbocycles. The molecule has 1 aliphatic rings. The minimum atomic E-state index is 0.554. The minimum absolute atomic E-state index is 0.554. The fraction of sp³-hybridized carbons (Fsp3) is 0.500. The molecular weight excluding hydrogens is 302 g/mol. The molecule has 1 heteroatoms. The zero-order chi connectivity index (χ0) is 18.0. The second-order valence-corrected chi connectivity index (χ2v) is 8.04. The van der Waals surface area contributed by atoms with Crippen LogP contribution in [-0.2, 0) is 0 Å². The van der Waals surface area contributed by atoms with Crippen LogP contribution in [0.2, 0.25) is 0 Å². The van der Waals surface area contributed by atoms with Gasteiger partial charge in [-0.25, -0.2) is 0 Å². The van der Waals surface area contributed by atoms with E-state index in [4.69, 9.17) is 0 Å². The summed E-state index contributed by atoms with van der Waals surface area (Å²) in [5, 5.41) is 0. The second kappa shape index (κ2) is 7.74. The van der Waals surface area contributed by atoms with E-state index < -0.39 is 0 Å². The fourth-order valence-corrected chi connectivity index (χ4v) is 4.74. The Morgan fingerprint density at radius 1 is 0.720 bits per heavy atom. The van der Waals surface area contributed by atoms with Crippen molar-refractivity contribution in [3.05, 3.63) is 69.8 Å². The summed E-state index contributed by atoms with van der Waals surface area (Å²) in [7, 11) is 0. The van der Waals surface area contributed by atoms with Gasteiger partial charge < -0.3 is 0 Å². The molecule has 0 radical (unpaired) electrons. The maximum Gasteiger partial charge on any atom is 0.0354 e. The molecule has 1 fully saturated rings. The smallest absolute Gasteiger partial charge is 0.0354 e. The summed E-state index contributed by atoms with van der Waals surface area (Å²) >= 11 is 0. The van der Waals surface area contributed by atoms with Gasteiger partial charge in [-0.2, -0.15) is 0 Å². The van der Waals surface area contributed by atoms with Crippen LogP contribution in [0.4, 0.5) is 0 Å². The number of likely N-dealkylation sites (tertiary alicyclic amines) is 1. The third kappa shape index (κ3) is 4.15. The van der Waals surface area contributed by atoms with Crippen molar-refractivity contribution in [1.29, 1.82) is 0 Å².